The molecule has 0 atom stereocenters. The first kappa shape index (κ1) is 10.9. The first-order valence-electron chi connectivity index (χ1n) is 4.42. The van der Waals surface area contributed by atoms with Crippen LogP contribution in [-0.4, -0.2) is 26.4 Å². The van der Waals surface area contributed by atoms with E-state index in [2.05, 4.69) is 13.8 Å². The van der Waals surface area contributed by atoms with Gasteiger partial charge in [0, 0.05) is 13.2 Å². The summed E-state index contributed by atoms with van der Waals surface area (Å²) >= 11 is 0. The summed E-state index contributed by atoms with van der Waals surface area (Å²) in [7, 11) is 0. The Morgan fingerprint density at radius 3 is 2.18 bits per heavy atom. The van der Waals surface area contributed by atoms with Crippen molar-refractivity contribution >= 4 is 0 Å². The first-order chi connectivity index (χ1) is 5.27. The van der Waals surface area contributed by atoms with E-state index in [1.54, 1.807) is 0 Å². The molecule has 0 saturated carbocycles. The zero-order valence-corrected chi connectivity index (χ0v) is 7.93. The van der Waals surface area contributed by atoms with Crippen LogP contribution >= 0.6 is 0 Å². The third-order valence-corrected chi connectivity index (χ3v) is 1.42. The van der Waals surface area contributed by atoms with Crippen LogP contribution in [0.4, 0.5) is 0 Å². The minimum absolute atomic E-state index is 0.731. The van der Waals surface area contributed by atoms with Crippen molar-refractivity contribution in [1.82, 2.24) is 0 Å². The van der Waals surface area contributed by atoms with E-state index in [4.69, 9.17) is 9.47 Å². The predicted molar refractivity (Wildman–Crippen MR) is 46.8 cm³/mol. The summed E-state index contributed by atoms with van der Waals surface area (Å²) in [6.07, 6.45) is 1.14. The highest BCUT2D eigenvalue weighted by Gasteiger charge is 1.92. The Balaban J connectivity index is 2.80. The van der Waals surface area contributed by atoms with Crippen molar-refractivity contribution in [3.8, 4) is 0 Å². The summed E-state index contributed by atoms with van der Waals surface area (Å²) in [5.74, 6) is 0.738. The summed E-state index contributed by atoms with van der Waals surface area (Å²) in [6.45, 7) is 9.51. The molecule has 2 heteroatoms. The number of hydrogen-bond acceptors (Lipinski definition) is 2. The van der Waals surface area contributed by atoms with Crippen LogP contribution < -0.4 is 0 Å². The fourth-order valence-electron chi connectivity index (χ4n) is 0.683. The molecule has 0 bridgehead atoms. The van der Waals surface area contributed by atoms with E-state index >= 15 is 0 Å². The van der Waals surface area contributed by atoms with Crippen LogP contribution in [0.5, 0.6) is 0 Å². The monoisotopic (exact) mass is 160 g/mol. The Bertz CT molecular complexity index is 72.0. The molecular weight excluding hydrogens is 140 g/mol. The predicted octanol–water partition coefficient (Wildman–Crippen LogP) is 2.09. The van der Waals surface area contributed by atoms with Gasteiger partial charge in [-0.2, -0.15) is 0 Å². The lowest BCUT2D eigenvalue weighted by Crippen LogP contribution is -2.06. The van der Waals surface area contributed by atoms with Gasteiger partial charge in [0.2, 0.25) is 0 Å². The lowest BCUT2D eigenvalue weighted by Gasteiger charge is -2.05. The van der Waals surface area contributed by atoms with Gasteiger partial charge in [0.1, 0.15) is 0 Å². The molecule has 0 spiro atoms. The maximum Gasteiger partial charge on any atom is 0.0700 e. The van der Waals surface area contributed by atoms with Crippen LogP contribution in [0.1, 0.15) is 27.2 Å². The molecule has 0 heterocycles. The zero-order chi connectivity index (χ0) is 8.53. The molecule has 11 heavy (non-hydrogen) atoms. The van der Waals surface area contributed by atoms with Gasteiger partial charge in [-0.15, -0.1) is 0 Å². The standard InChI is InChI=1S/C9H20O2/c1-4-10-7-8-11-6-5-9(2)3/h9H,4-8H2,1-3H3. The van der Waals surface area contributed by atoms with Gasteiger partial charge in [-0.05, 0) is 19.3 Å². The van der Waals surface area contributed by atoms with Crippen molar-refractivity contribution in [2.24, 2.45) is 5.92 Å². The van der Waals surface area contributed by atoms with Crippen LogP contribution in [0.3, 0.4) is 0 Å². The highest BCUT2D eigenvalue weighted by Crippen LogP contribution is 1.98. The van der Waals surface area contributed by atoms with Gasteiger partial charge >= 0.3 is 0 Å². The Hall–Kier alpha value is -0.0800. The zero-order valence-electron chi connectivity index (χ0n) is 7.93. The van der Waals surface area contributed by atoms with E-state index in [9.17, 15) is 0 Å². The van der Waals surface area contributed by atoms with Crippen LogP contribution in [0.2, 0.25) is 0 Å². The highest BCUT2D eigenvalue weighted by molar-refractivity contribution is 4.42. The largest absolute Gasteiger partial charge is 0.379 e. The summed E-state index contributed by atoms with van der Waals surface area (Å²) < 4.78 is 10.4. The van der Waals surface area contributed by atoms with Crippen molar-refractivity contribution < 1.29 is 9.47 Å². The van der Waals surface area contributed by atoms with Gasteiger partial charge in [0.05, 0.1) is 13.2 Å². The van der Waals surface area contributed by atoms with Gasteiger partial charge in [-0.1, -0.05) is 13.8 Å². The fraction of sp³-hybridized carbons (Fsp3) is 1.00. The molecule has 68 valence electrons. The Labute approximate surface area is 69.9 Å². The van der Waals surface area contributed by atoms with Crippen molar-refractivity contribution in [3.05, 3.63) is 0 Å². The minimum atomic E-state index is 0.731. The summed E-state index contributed by atoms with van der Waals surface area (Å²) in [5.41, 5.74) is 0. The normalized spacial score (nSPS) is 10.9. The van der Waals surface area contributed by atoms with E-state index in [1.165, 1.54) is 0 Å². The third kappa shape index (κ3) is 9.92. The average molecular weight is 160 g/mol. The topological polar surface area (TPSA) is 18.5 Å². The molecule has 0 aliphatic carbocycles. The molecule has 0 unspecified atom stereocenters. The number of rotatable bonds is 7. The van der Waals surface area contributed by atoms with Crippen LogP contribution in [0.25, 0.3) is 0 Å². The van der Waals surface area contributed by atoms with Gasteiger partial charge in [0.25, 0.3) is 0 Å². The molecule has 0 aromatic carbocycles. The molecule has 0 radical (unpaired) electrons. The van der Waals surface area contributed by atoms with E-state index < -0.39 is 0 Å². The second-order valence-corrected chi connectivity index (χ2v) is 2.99. The quantitative estimate of drug-likeness (QED) is 0.531. The van der Waals surface area contributed by atoms with Crippen molar-refractivity contribution in [2.45, 2.75) is 27.2 Å². The van der Waals surface area contributed by atoms with Crippen LogP contribution in [-0.2, 0) is 9.47 Å². The maximum atomic E-state index is 5.32. The molecule has 0 N–H and O–H groups in total. The Morgan fingerprint density at radius 1 is 1.00 bits per heavy atom. The highest BCUT2D eigenvalue weighted by atomic mass is 16.5. The third-order valence-electron chi connectivity index (χ3n) is 1.42. The average Bonchev–Trinajstić information content (AvgIpc) is 1.96. The SMILES string of the molecule is CCOCCOCCC(C)C. The minimum Gasteiger partial charge on any atom is -0.379 e. The van der Waals surface area contributed by atoms with E-state index in [0.29, 0.717) is 0 Å². The second-order valence-electron chi connectivity index (χ2n) is 2.99. The molecular formula is C9H20O2. The molecule has 2 nitrogen and oxygen atoms in total. The van der Waals surface area contributed by atoms with Gasteiger partial charge in [0.15, 0.2) is 0 Å². The van der Waals surface area contributed by atoms with Gasteiger partial charge < -0.3 is 9.47 Å². The molecule has 0 saturated heterocycles. The van der Waals surface area contributed by atoms with Crippen LogP contribution in [0.15, 0.2) is 0 Å². The molecule has 0 aromatic heterocycles. The molecule has 0 aromatic rings. The number of hydrogen-bond donors (Lipinski definition) is 0. The fourth-order valence-corrected chi connectivity index (χ4v) is 0.683. The molecule has 0 amide bonds. The summed E-state index contributed by atoms with van der Waals surface area (Å²) in [5, 5.41) is 0. The van der Waals surface area contributed by atoms with Gasteiger partial charge in [-0.3, -0.25) is 0 Å². The Kier molecular flexibility index (Phi) is 7.96. The summed E-state index contributed by atoms with van der Waals surface area (Å²) in [6, 6.07) is 0. The van der Waals surface area contributed by atoms with E-state index in [-0.39, 0.29) is 0 Å². The lowest BCUT2D eigenvalue weighted by atomic mass is 10.1. The Morgan fingerprint density at radius 2 is 1.64 bits per heavy atom. The lowest BCUT2D eigenvalue weighted by molar-refractivity contribution is 0.0488. The summed E-state index contributed by atoms with van der Waals surface area (Å²) in [4.78, 5) is 0. The molecule has 0 aliphatic rings. The smallest absolute Gasteiger partial charge is 0.0700 e. The van der Waals surface area contributed by atoms with Crippen molar-refractivity contribution in [3.63, 3.8) is 0 Å². The van der Waals surface area contributed by atoms with Crippen molar-refractivity contribution in [1.29, 1.82) is 0 Å². The van der Waals surface area contributed by atoms with E-state index in [0.717, 1.165) is 38.8 Å². The maximum absolute atomic E-state index is 5.32. The molecule has 0 rings (SSSR count). The van der Waals surface area contributed by atoms with E-state index in [1.807, 2.05) is 6.92 Å². The van der Waals surface area contributed by atoms with Crippen LogP contribution in [0, 0.1) is 5.92 Å². The van der Waals surface area contributed by atoms with Gasteiger partial charge in [-0.25, -0.2) is 0 Å². The second kappa shape index (κ2) is 8.02. The number of ether oxygens (including phenoxy) is 2. The molecule has 0 fully saturated rings. The van der Waals surface area contributed by atoms with Crippen molar-refractivity contribution in [2.75, 3.05) is 26.4 Å². The first-order valence-corrected chi connectivity index (χ1v) is 4.42. The molecule has 0 aliphatic heterocycles.